The van der Waals surface area contributed by atoms with Crippen molar-refractivity contribution < 1.29 is 4.39 Å². The summed E-state index contributed by atoms with van der Waals surface area (Å²) in [5.74, 6) is -0.407. The zero-order chi connectivity index (χ0) is 13.2. The lowest BCUT2D eigenvalue weighted by atomic mass is 9.89. The summed E-state index contributed by atoms with van der Waals surface area (Å²) in [4.78, 5) is 3.60. The first-order chi connectivity index (χ1) is 9.28. The second-order valence-corrected chi connectivity index (χ2v) is 4.88. The van der Waals surface area contributed by atoms with E-state index in [1.54, 1.807) is 0 Å². The van der Waals surface area contributed by atoms with Gasteiger partial charge in [-0.15, -0.1) is 0 Å². The third-order valence-corrected chi connectivity index (χ3v) is 3.66. The minimum atomic E-state index is -0.407. The largest absolute Gasteiger partial charge is 0.228 e. The van der Waals surface area contributed by atoms with Crippen LogP contribution in [0.1, 0.15) is 25.3 Å². The molecule has 0 bridgehead atoms. The zero-order valence-electron chi connectivity index (χ0n) is 11.0. The van der Waals surface area contributed by atoms with Gasteiger partial charge in [0.15, 0.2) is 0 Å². The minimum Gasteiger partial charge on any atom is -0.228 e. The smallest absolute Gasteiger partial charge is 0.213 e. The van der Waals surface area contributed by atoms with Crippen LogP contribution >= 0.6 is 0 Å². The molecule has 1 heterocycles. The first-order valence-corrected chi connectivity index (χ1v) is 6.69. The Labute approximate surface area is 112 Å². The number of allylic oxidation sites excluding steroid dienone is 8. The maximum atomic E-state index is 13.1. The fourth-order valence-electron chi connectivity index (χ4n) is 2.78. The average molecular weight is 253 g/mol. The molecule has 0 saturated carbocycles. The van der Waals surface area contributed by atoms with Crippen LogP contribution in [0.15, 0.2) is 64.9 Å². The van der Waals surface area contributed by atoms with E-state index in [2.05, 4.69) is 36.2 Å². The lowest BCUT2D eigenvalue weighted by Crippen LogP contribution is -1.99. The van der Waals surface area contributed by atoms with Crippen molar-refractivity contribution in [1.82, 2.24) is 4.98 Å². The molecule has 0 unspecified atom stereocenters. The summed E-state index contributed by atoms with van der Waals surface area (Å²) in [5, 5.41) is 0. The van der Waals surface area contributed by atoms with Gasteiger partial charge in [-0.05, 0) is 59.3 Å². The molecule has 2 heteroatoms. The number of rotatable bonds is 3. The van der Waals surface area contributed by atoms with Gasteiger partial charge in [0.1, 0.15) is 0 Å². The Hall–Kier alpha value is -1.96. The summed E-state index contributed by atoms with van der Waals surface area (Å²) in [6.07, 6.45) is 13.2. The molecule has 96 valence electrons. The zero-order valence-corrected chi connectivity index (χ0v) is 11.0. The molecule has 0 saturated heterocycles. The summed E-state index contributed by atoms with van der Waals surface area (Å²) in [6.45, 7) is 2.18. The first kappa shape index (κ1) is 12.1. The quantitative estimate of drug-likeness (QED) is 0.732. The number of fused-ring (bicyclic) bond motifs is 1. The Balaban J connectivity index is 1.96. The second kappa shape index (κ2) is 4.96. The lowest BCUT2D eigenvalue weighted by Gasteiger charge is -2.16. The number of hydrogen-bond acceptors (Lipinski definition) is 1. The van der Waals surface area contributed by atoms with Gasteiger partial charge in [-0.25, -0.2) is 4.98 Å². The third kappa shape index (κ3) is 2.30. The van der Waals surface area contributed by atoms with Crippen molar-refractivity contribution in [2.45, 2.75) is 26.2 Å². The van der Waals surface area contributed by atoms with Crippen molar-refractivity contribution in [3.05, 3.63) is 76.4 Å². The lowest BCUT2D eigenvalue weighted by molar-refractivity contribution is 0.582. The van der Waals surface area contributed by atoms with Crippen LogP contribution in [-0.2, 0) is 6.42 Å². The molecule has 0 radical (unpaired) electrons. The van der Waals surface area contributed by atoms with Gasteiger partial charge in [-0.1, -0.05) is 31.2 Å². The van der Waals surface area contributed by atoms with E-state index < -0.39 is 5.95 Å². The molecular formula is C17H16FN. The summed E-state index contributed by atoms with van der Waals surface area (Å²) in [7, 11) is 0. The second-order valence-electron chi connectivity index (χ2n) is 4.88. The van der Waals surface area contributed by atoms with E-state index in [9.17, 15) is 4.39 Å². The van der Waals surface area contributed by atoms with E-state index >= 15 is 0 Å². The van der Waals surface area contributed by atoms with Crippen LogP contribution in [0.3, 0.4) is 0 Å². The molecule has 1 aromatic heterocycles. The third-order valence-electron chi connectivity index (χ3n) is 3.66. The Morgan fingerprint density at radius 1 is 1.26 bits per heavy atom. The number of pyridine rings is 1. The van der Waals surface area contributed by atoms with Gasteiger partial charge < -0.3 is 0 Å². The molecule has 3 rings (SSSR count). The van der Waals surface area contributed by atoms with Gasteiger partial charge in [0.2, 0.25) is 5.95 Å². The van der Waals surface area contributed by atoms with Crippen molar-refractivity contribution in [2.75, 3.05) is 0 Å². The molecule has 1 aromatic rings. The maximum absolute atomic E-state index is 13.1. The van der Waals surface area contributed by atoms with Crippen LogP contribution in [0.25, 0.3) is 0 Å². The molecule has 1 nitrogen and oxygen atoms in total. The topological polar surface area (TPSA) is 12.9 Å². The van der Waals surface area contributed by atoms with E-state index in [-0.39, 0.29) is 0 Å². The van der Waals surface area contributed by atoms with Crippen LogP contribution in [0.2, 0.25) is 0 Å². The maximum Gasteiger partial charge on any atom is 0.213 e. The van der Waals surface area contributed by atoms with Crippen LogP contribution < -0.4 is 0 Å². The molecule has 2 aliphatic carbocycles. The molecule has 0 aliphatic heterocycles. The van der Waals surface area contributed by atoms with E-state index in [0.717, 1.165) is 24.8 Å². The van der Waals surface area contributed by atoms with Crippen molar-refractivity contribution in [3.63, 3.8) is 0 Å². The number of halogens is 1. The molecule has 0 spiro atoms. The van der Waals surface area contributed by atoms with Crippen LogP contribution in [0, 0.1) is 5.95 Å². The molecule has 0 amide bonds. The van der Waals surface area contributed by atoms with Crippen LogP contribution in [-0.4, -0.2) is 4.98 Å². The Morgan fingerprint density at radius 3 is 2.95 bits per heavy atom. The summed E-state index contributed by atoms with van der Waals surface area (Å²) in [6, 6.07) is 3.39. The Morgan fingerprint density at radius 2 is 2.16 bits per heavy atom. The predicted octanol–water partition coefficient (Wildman–Crippen LogP) is 4.30. The standard InChI is InChI=1S/C17H16FN/c1-2-13-4-3-5-14-6-7-15(17(13)14)10-12-8-9-19-16(18)11-12/h4-9,11H,2-3,10H2,1H3. The molecule has 0 atom stereocenters. The van der Waals surface area contributed by atoms with Gasteiger partial charge in [0, 0.05) is 6.20 Å². The highest BCUT2D eigenvalue weighted by molar-refractivity contribution is 5.64. The SMILES string of the molecule is CCC1=CCC=C2C=CC(Cc3ccnc(F)c3)=C21. The summed E-state index contributed by atoms with van der Waals surface area (Å²) >= 11 is 0. The number of nitrogens with zero attached hydrogens (tertiary/aromatic N) is 1. The number of hydrogen-bond donors (Lipinski definition) is 0. The van der Waals surface area contributed by atoms with Crippen molar-refractivity contribution in [2.24, 2.45) is 0 Å². The fourth-order valence-corrected chi connectivity index (χ4v) is 2.78. The molecule has 19 heavy (non-hydrogen) atoms. The van der Waals surface area contributed by atoms with Crippen molar-refractivity contribution in [1.29, 1.82) is 0 Å². The van der Waals surface area contributed by atoms with Gasteiger partial charge in [0.25, 0.3) is 0 Å². The van der Waals surface area contributed by atoms with Crippen molar-refractivity contribution >= 4 is 0 Å². The van der Waals surface area contributed by atoms with Gasteiger partial charge in [-0.3, -0.25) is 0 Å². The Kier molecular flexibility index (Phi) is 3.16. The van der Waals surface area contributed by atoms with Crippen LogP contribution in [0.5, 0.6) is 0 Å². The predicted molar refractivity (Wildman–Crippen MR) is 75.1 cm³/mol. The Bertz CT molecular complexity index is 632. The molecule has 0 N–H and O–H groups in total. The highest BCUT2D eigenvalue weighted by atomic mass is 19.1. The van der Waals surface area contributed by atoms with E-state index in [4.69, 9.17) is 0 Å². The van der Waals surface area contributed by atoms with Crippen molar-refractivity contribution in [3.8, 4) is 0 Å². The first-order valence-electron chi connectivity index (χ1n) is 6.69. The number of aromatic nitrogens is 1. The van der Waals surface area contributed by atoms with Gasteiger partial charge in [0.05, 0.1) is 0 Å². The summed E-state index contributed by atoms with van der Waals surface area (Å²) < 4.78 is 13.1. The molecule has 0 aromatic carbocycles. The van der Waals surface area contributed by atoms with Crippen LogP contribution in [0.4, 0.5) is 4.39 Å². The molecule has 0 fully saturated rings. The average Bonchev–Trinajstić information content (AvgIpc) is 2.82. The summed E-state index contributed by atoms with van der Waals surface area (Å²) in [5.41, 5.74) is 6.34. The van der Waals surface area contributed by atoms with Gasteiger partial charge >= 0.3 is 0 Å². The van der Waals surface area contributed by atoms with E-state index in [1.807, 2.05) is 6.07 Å². The van der Waals surface area contributed by atoms with E-state index in [1.165, 1.54) is 34.6 Å². The monoisotopic (exact) mass is 253 g/mol. The minimum absolute atomic E-state index is 0.407. The molecular weight excluding hydrogens is 237 g/mol. The van der Waals surface area contributed by atoms with Gasteiger partial charge in [-0.2, -0.15) is 4.39 Å². The molecule has 2 aliphatic rings. The fraction of sp³-hybridized carbons (Fsp3) is 0.235. The normalized spacial score (nSPS) is 17.4. The van der Waals surface area contributed by atoms with E-state index in [0.29, 0.717) is 0 Å². The highest BCUT2D eigenvalue weighted by Crippen LogP contribution is 2.36. The highest BCUT2D eigenvalue weighted by Gasteiger charge is 2.19.